The average molecular weight is 263 g/mol. The Morgan fingerprint density at radius 3 is 2.05 bits per heavy atom. The lowest BCUT2D eigenvalue weighted by atomic mass is 10.1. The molecule has 0 spiro atoms. The maximum atomic E-state index is 11.4. The van der Waals surface area contributed by atoms with E-state index in [1.54, 1.807) is 0 Å². The van der Waals surface area contributed by atoms with Crippen molar-refractivity contribution in [2.24, 2.45) is 0 Å². The second kappa shape index (κ2) is 7.20. The van der Waals surface area contributed by atoms with Crippen LogP contribution in [-0.4, -0.2) is 26.2 Å². The van der Waals surface area contributed by atoms with Crippen LogP contribution in [-0.2, 0) is 25.5 Å². The number of rotatable bonds is 5. The van der Waals surface area contributed by atoms with E-state index in [2.05, 4.69) is 21.7 Å². The first-order chi connectivity index (χ1) is 9.12. The van der Waals surface area contributed by atoms with Crippen LogP contribution >= 0.6 is 0 Å². The molecule has 0 saturated heterocycles. The number of ether oxygens (including phenoxy) is 2. The zero-order valence-corrected chi connectivity index (χ0v) is 11.2. The second-order valence-corrected chi connectivity index (χ2v) is 3.74. The van der Waals surface area contributed by atoms with Crippen molar-refractivity contribution in [1.29, 1.82) is 0 Å². The molecular weight excluding hydrogens is 246 g/mol. The second-order valence-electron chi connectivity index (χ2n) is 3.74. The number of carbonyl (C=O) groups is 2. The predicted octanol–water partition coefficient (Wildman–Crippen LogP) is 1.89. The molecule has 5 heteroatoms. The molecule has 0 saturated carbocycles. The number of benzene rings is 1. The minimum Gasteiger partial charge on any atom is -0.465 e. The number of carbonyl (C=O) groups excluding carboxylic acids is 2. The van der Waals surface area contributed by atoms with Crippen molar-refractivity contribution in [3.63, 3.8) is 0 Å². The number of aryl methyl sites for hydroxylation is 1. The van der Waals surface area contributed by atoms with Crippen molar-refractivity contribution in [2.75, 3.05) is 19.5 Å². The fourth-order valence-electron chi connectivity index (χ4n) is 1.41. The summed E-state index contributed by atoms with van der Waals surface area (Å²) in [5, 5.41) is 2.86. The number of hydrogen-bond acceptors (Lipinski definition) is 5. The molecule has 0 atom stereocenters. The molecule has 19 heavy (non-hydrogen) atoms. The van der Waals surface area contributed by atoms with Crippen LogP contribution in [0.4, 0.5) is 5.69 Å². The van der Waals surface area contributed by atoms with Gasteiger partial charge in [-0.3, -0.25) is 0 Å². The summed E-state index contributed by atoms with van der Waals surface area (Å²) in [5.74, 6) is -1.49. The lowest BCUT2D eigenvalue weighted by Gasteiger charge is -2.06. The van der Waals surface area contributed by atoms with Crippen molar-refractivity contribution in [2.45, 2.75) is 13.3 Å². The standard InChI is InChI=1S/C14H17NO4/c1-4-10-5-7-11(8-6-10)15-9-12(13(16)18-2)14(17)19-3/h5-9,15H,4H2,1-3H3. The Bertz CT molecular complexity index is 459. The largest absolute Gasteiger partial charge is 0.465 e. The molecule has 5 nitrogen and oxygen atoms in total. The summed E-state index contributed by atoms with van der Waals surface area (Å²) in [6.07, 6.45) is 2.23. The Morgan fingerprint density at radius 1 is 1.11 bits per heavy atom. The maximum absolute atomic E-state index is 11.4. The van der Waals surface area contributed by atoms with Gasteiger partial charge in [-0.1, -0.05) is 19.1 Å². The molecular formula is C14H17NO4. The smallest absolute Gasteiger partial charge is 0.346 e. The highest BCUT2D eigenvalue weighted by Gasteiger charge is 2.19. The van der Waals surface area contributed by atoms with Crippen LogP contribution in [0.1, 0.15) is 12.5 Å². The van der Waals surface area contributed by atoms with Crippen molar-refractivity contribution in [1.82, 2.24) is 0 Å². The van der Waals surface area contributed by atoms with E-state index in [9.17, 15) is 9.59 Å². The summed E-state index contributed by atoms with van der Waals surface area (Å²) in [6, 6.07) is 7.65. The van der Waals surface area contributed by atoms with Gasteiger partial charge in [-0.15, -0.1) is 0 Å². The Morgan fingerprint density at radius 2 is 1.63 bits per heavy atom. The van der Waals surface area contributed by atoms with Crippen LogP contribution in [0.25, 0.3) is 0 Å². The van der Waals surface area contributed by atoms with E-state index in [-0.39, 0.29) is 5.57 Å². The van der Waals surface area contributed by atoms with E-state index in [0.717, 1.165) is 12.1 Å². The Kier molecular flexibility index (Phi) is 5.60. The van der Waals surface area contributed by atoms with Gasteiger partial charge in [0.05, 0.1) is 14.2 Å². The molecule has 0 unspecified atom stereocenters. The number of hydrogen-bond donors (Lipinski definition) is 1. The van der Waals surface area contributed by atoms with Gasteiger partial charge in [0.15, 0.2) is 5.57 Å². The normalized spacial score (nSPS) is 9.42. The fourth-order valence-corrected chi connectivity index (χ4v) is 1.41. The molecule has 1 aromatic rings. The van der Waals surface area contributed by atoms with Crippen molar-refractivity contribution < 1.29 is 19.1 Å². The first-order valence-electron chi connectivity index (χ1n) is 5.84. The first-order valence-corrected chi connectivity index (χ1v) is 5.84. The minimum atomic E-state index is -0.746. The number of anilines is 1. The molecule has 1 rings (SSSR count). The van der Waals surface area contributed by atoms with Gasteiger partial charge in [-0.25, -0.2) is 9.59 Å². The molecule has 0 bridgehead atoms. The monoisotopic (exact) mass is 263 g/mol. The van der Waals surface area contributed by atoms with E-state index < -0.39 is 11.9 Å². The predicted molar refractivity (Wildman–Crippen MR) is 71.6 cm³/mol. The molecule has 102 valence electrons. The Balaban J connectivity index is 2.84. The molecule has 0 fully saturated rings. The molecule has 0 amide bonds. The lowest BCUT2D eigenvalue weighted by molar-refractivity contribution is -0.144. The first kappa shape index (κ1) is 14.8. The van der Waals surface area contributed by atoms with Crippen molar-refractivity contribution >= 4 is 17.6 Å². The number of nitrogens with one attached hydrogen (secondary N) is 1. The van der Waals surface area contributed by atoms with Gasteiger partial charge in [-0.05, 0) is 24.1 Å². The summed E-state index contributed by atoms with van der Waals surface area (Å²) >= 11 is 0. The highest BCUT2D eigenvalue weighted by Crippen LogP contribution is 2.11. The van der Waals surface area contributed by atoms with Gasteiger partial charge in [0.25, 0.3) is 0 Å². The topological polar surface area (TPSA) is 64.6 Å². The van der Waals surface area contributed by atoms with Crippen LogP contribution in [0.2, 0.25) is 0 Å². The summed E-state index contributed by atoms with van der Waals surface area (Å²) < 4.78 is 9.02. The third-order valence-electron chi connectivity index (χ3n) is 2.56. The summed E-state index contributed by atoms with van der Waals surface area (Å²) in [7, 11) is 2.41. The zero-order chi connectivity index (χ0) is 14.3. The van der Waals surface area contributed by atoms with E-state index in [1.807, 2.05) is 24.3 Å². The van der Waals surface area contributed by atoms with Crippen LogP contribution in [0.5, 0.6) is 0 Å². The third kappa shape index (κ3) is 4.13. The Labute approximate surface area is 112 Å². The third-order valence-corrected chi connectivity index (χ3v) is 2.56. The number of esters is 2. The van der Waals surface area contributed by atoms with E-state index >= 15 is 0 Å². The summed E-state index contributed by atoms with van der Waals surface area (Å²) in [6.45, 7) is 2.06. The molecule has 0 aliphatic heterocycles. The lowest BCUT2D eigenvalue weighted by Crippen LogP contribution is -2.17. The van der Waals surface area contributed by atoms with E-state index in [0.29, 0.717) is 0 Å². The van der Waals surface area contributed by atoms with Gasteiger partial charge < -0.3 is 14.8 Å². The molecule has 0 aliphatic rings. The van der Waals surface area contributed by atoms with Crippen LogP contribution in [0.3, 0.4) is 0 Å². The van der Waals surface area contributed by atoms with Crippen molar-refractivity contribution in [3.8, 4) is 0 Å². The van der Waals surface area contributed by atoms with Crippen LogP contribution in [0.15, 0.2) is 36.0 Å². The molecule has 1 aromatic carbocycles. The SMILES string of the molecule is CCc1ccc(NC=C(C(=O)OC)C(=O)OC)cc1. The zero-order valence-electron chi connectivity index (χ0n) is 11.2. The quantitative estimate of drug-likeness (QED) is 0.380. The minimum absolute atomic E-state index is 0.190. The molecule has 0 aromatic heterocycles. The van der Waals surface area contributed by atoms with E-state index in [1.165, 1.54) is 26.0 Å². The van der Waals surface area contributed by atoms with Gasteiger partial charge in [0.2, 0.25) is 0 Å². The van der Waals surface area contributed by atoms with E-state index in [4.69, 9.17) is 0 Å². The molecule has 0 aliphatic carbocycles. The molecule has 0 radical (unpaired) electrons. The average Bonchev–Trinajstić information content (AvgIpc) is 2.47. The van der Waals surface area contributed by atoms with Gasteiger partial charge in [0.1, 0.15) is 0 Å². The number of methoxy groups -OCH3 is 2. The summed E-state index contributed by atoms with van der Waals surface area (Å²) in [4.78, 5) is 22.8. The molecule has 1 N–H and O–H groups in total. The maximum Gasteiger partial charge on any atom is 0.346 e. The van der Waals surface area contributed by atoms with Crippen LogP contribution < -0.4 is 5.32 Å². The fraction of sp³-hybridized carbons (Fsp3) is 0.286. The van der Waals surface area contributed by atoms with Gasteiger partial charge in [-0.2, -0.15) is 0 Å². The van der Waals surface area contributed by atoms with Gasteiger partial charge >= 0.3 is 11.9 Å². The highest BCUT2D eigenvalue weighted by molar-refractivity contribution is 6.14. The van der Waals surface area contributed by atoms with Crippen molar-refractivity contribution in [3.05, 3.63) is 41.6 Å². The summed E-state index contributed by atoms with van der Waals surface area (Å²) in [5.41, 5.74) is 1.78. The van der Waals surface area contributed by atoms with Gasteiger partial charge in [0, 0.05) is 11.9 Å². The van der Waals surface area contributed by atoms with Crippen LogP contribution in [0, 0.1) is 0 Å². The highest BCUT2D eigenvalue weighted by atomic mass is 16.5. The molecule has 0 heterocycles. The Hall–Kier alpha value is -2.30.